The van der Waals surface area contributed by atoms with Crippen LogP contribution in [0.3, 0.4) is 0 Å². The van der Waals surface area contributed by atoms with Crippen molar-refractivity contribution in [2.24, 2.45) is 34.3 Å². The van der Waals surface area contributed by atoms with E-state index in [1.54, 1.807) is 11.1 Å². The molecule has 0 bridgehead atoms. The normalized spacial score (nSPS) is 52.4. The summed E-state index contributed by atoms with van der Waals surface area (Å²) in [6, 6.07) is 0.454. The number of allylic oxidation sites excluding steroid dienone is 4. The van der Waals surface area contributed by atoms with Crippen LogP contribution in [0.15, 0.2) is 23.3 Å². The Morgan fingerprint density at radius 3 is 2.71 bits per heavy atom. The van der Waals surface area contributed by atoms with Crippen molar-refractivity contribution in [1.82, 2.24) is 0 Å². The number of hydrogen-bond donors (Lipinski definition) is 1. The second kappa shape index (κ2) is 4.47. The molecule has 0 saturated heterocycles. The molecular formula is C20H31N. The molecular weight excluding hydrogens is 254 g/mol. The fraction of sp³-hybridized carbons (Fsp3) is 0.800. The molecule has 2 saturated carbocycles. The summed E-state index contributed by atoms with van der Waals surface area (Å²) in [6.45, 7) is 7.37. The molecule has 6 atom stereocenters. The topological polar surface area (TPSA) is 26.0 Å². The van der Waals surface area contributed by atoms with Crippen LogP contribution in [-0.4, -0.2) is 6.04 Å². The van der Waals surface area contributed by atoms with Crippen molar-refractivity contribution in [3.05, 3.63) is 23.3 Å². The third-order valence-corrected chi connectivity index (χ3v) is 8.04. The highest BCUT2D eigenvalue weighted by Gasteiger charge is 2.57. The lowest BCUT2D eigenvalue weighted by molar-refractivity contribution is -0.0237. The van der Waals surface area contributed by atoms with Crippen LogP contribution in [0, 0.1) is 28.6 Å². The van der Waals surface area contributed by atoms with Gasteiger partial charge in [0.15, 0.2) is 0 Å². The maximum Gasteiger partial charge on any atom is 0.00957 e. The second-order valence-electron chi connectivity index (χ2n) is 8.91. The molecule has 1 heteroatoms. The minimum Gasteiger partial charge on any atom is -0.327 e. The van der Waals surface area contributed by atoms with Gasteiger partial charge in [0.2, 0.25) is 0 Å². The molecule has 2 N–H and O–H groups in total. The van der Waals surface area contributed by atoms with Crippen molar-refractivity contribution < 1.29 is 0 Å². The van der Waals surface area contributed by atoms with Gasteiger partial charge in [-0.3, -0.25) is 0 Å². The zero-order valence-corrected chi connectivity index (χ0v) is 14.0. The van der Waals surface area contributed by atoms with Gasteiger partial charge in [-0.15, -0.1) is 0 Å². The van der Waals surface area contributed by atoms with E-state index in [1.807, 2.05) is 0 Å². The summed E-state index contributed by atoms with van der Waals surface area (Å²) in [5, 5.41) is 0. The van der Waals surface area contributed by atoms with E-state index in [0.29, 0.717) is 16.9 Å². The summed E-state index contributed by atoms with van der Waals surface area (Å²) < 4.78 is 0. The molecule has 1 nitrogen and oxygen atoms in total. The van der Waals surface area contributed by atoms with Gasteiger partial charge < -0.3 is 5.73 Å². The lowest BCUT2D eigenvalue weighted by Gasteiger charge is -2.56. The molecule has 4 aliphatic rings. The van der Waals surface area contributed by atoms with Crippen molar-refractivity contribution in [3.8, 4) is 0 Å². The van der Waals surface area contributed by atoms with Crippen LogP contribution in [0.4, 0.5) is 0 Å². The van der Waals surface area contributed by atoms with Crippen molar-refractivity contribution >= 4 is 0 Å². The van der Waals surface area contributed by atoms with Gasteiger partial charge in [0.25, 0.3) is 0 Å². The highest BCUT2D eigenvalue weighted by atomic mass is 14.8. The van der Waals surface area contributed by atoms with E-state index in [9.17, 15) is 0 Å². The smallest absolute Gasteiger partial charge is 0.00957 e. The van der Waals surface area contributed by atoms with Crippen LogP contribution in [-0.2, 0) is 0 Å². The molecule has 6 unspecified atom stereocenters. The van der Waals surface area contributed by atoms with Crippen LogP contribution in [0.5, 0.6) is 0 Å². The highest BCUT2D eigenvalue weighted by molar-refractivity contribution is 5.36. The Bertz CT molecular complexity index is 516. The summed E-state index contributed by atoms with van der Waals surface area (Å²) in [5.74, 6) is 2.69. The van der Waals surface area contributed by atoms with E-state index in [2.05, 4.69) is 32.9 Å². The molecule has 0 aromatic rings. The quantitative estimate of drug-likeness (QED) is 0.677. The first-order valence-electron chi connectivity index (χ1n) is 9.08. The Hall–Kier alpha value is -0.560. The van der Waals surface area contributed by atoms with Gasteiger partial charge in [0, 0.05) is 6.04 Å². The zero-order chi connectivity index (χ0) is 14.8. The molecule has 0 amide bonds. The van der Waals surface area contributed by atoms with Crippen LogP contribution >= 0.6 is 0 Å². The Morgan fingerprint density at radius 2 is 1.90 bits per heavy atom. The molecule has 0 radical (unpaired) electrons. The Balaban J connectivity index is 1.72. The molecule has 21 heavy (non-hydrogen) atoms. The lowest BCUT2D eigenvalue weighted by atomic mass is 9.48. The van der Waals surface area contributed by atoms with Gasteiger partial charge in [-0.2, -0.15) is 0 Å². The van der Waals surface area contributed by atoms with Gasteiger partial charge in [0.1, 0.15) is 0 Å². The lowest BCUT2D eigenvalue weighted by Crippen LogP contribution is -2.51. The summed E-state index contributed by atoms with van der Waals surface area (Å²) in [5.41, 5.74) is 10.6. The van der Waals surface area contributed by atoms with Gasteiger partial charge >= 0.3 is 0 Å². The maximum absolute atomic E-state index is 6.50. The average Bonchev–Trinajstić information content (AvgIpc) is 2.76. The van der Waals surface area contributed by atoms with Crippen molar-refractivity contribution in [1.29, 1.82) is 0 Å². The fourth-order valence-corrected chi connectivity index (χ4v) is 6.51. The zero-order valence-electron chi connectivity index (χ0n) is 14.0. The number of hydrogen-bond acceptors (Lipinski definition) is 1. The van der Waals surface area contributed by atoms with E-state index in [0.717, 1.165) is 17.8 Å². The molecule has 0 spiro atoms. The van der Waals surface area contributed by atoms with Crippen molar-refractivity contribution in [2.75, 3.05) is 0 Å². The van der Waals surface area contributed by atoms with E-state index >= 15 is 0 Å². The van der Waals surface area contributed by atoms with Crippen LogP contribution in [0.1, 0.15) is 65.7 Å². The molecule has 4 aliphatic carbocycles. The third-order valence-electron chi connectivity index (χ3n) is 8.04. The minimum absolute atomic E-state index is 0.434. The van der Waals surface area contributed by atoms with Crippen LogP contribution in [0.2, 0.25) is 0 Å². The van der Waals surface area contributed by atoms with Gasteiger partial charge in [-0.05, 0) is 86.0 Å². The minimum atomic E-state index is 0.434. The Kier molecular flexibility index (Phi) is 2.99. The SMILES string of the molecule is CC1=CC2=CCC3C(CCC4(C)C(N)CCC34)C2(C)CC1. The monoisotopic (exact) mass is 285 g/mol. The maximum atomic E-state index is 6.50. The first-order valence-corrected chi connectivity index (χ1v) is 9.08. The predicted molar refractivity (Wildman–Crippen MR) is 88.8 cm³/mol. The molecule has 2 fully saturated rings. The van der Waals surface area contributed by atoms with Gasteiger partial charge in [-0.1, -0.05) is 31.6 Å². The molecule has 0 aliphatic heterocycles. The van der Waals surface area contributed by atoms with Crippen LogP contribution in [0.25, 0.3) is 0 Å². The van der Waals surface area contributed by atoms with Gasteiger partial charge in [-0.25, -0.2) is 0 Å². The van der Waals surface area contributed by atoms with Crippen LogP contribution < -0.4 is 5.73 Å². The third kappa shape index (κ3) is 1.79. The molecule has 0 aromatic heterocycles. The Morgan fingerprint density at radius 1 is 1.10 bits per heavy atom. The molecule has 0 heterocycles. The average molecular weight is 285 g/mol. The van der Waals surface area contributed by atoms with E-state index < -0.39 is 0 Å². The standard InChI is InChI=1S/C20H31N/c1-13-8-10-19(2)14(12-13)4-5-15-16-6-7-18(21)20(16,3)11-9-17(15)19/h4,12,15-18H,5-11,21H2,1-3H3. The van der Waals surface area contributed by atoms with E-state index in [1.165, 1.54) is 44.9 Å². The molecule has 4 rings (SSSR count). The summed E-state index contributed by atoms with van der Waals surface area (Å²) >= 11 is 0. The summed E-state index contributed by atoms with van der Waals surface area (Å²) in [7, 11) is 0. The number of rotatable bonds is 0. The van der Waals surface area contributed by atoms with Crippen molar-refractivity contribution in [2.45, 2.75) is 71.8 Å². The van der Waals surface area contributed by atoms with Gasteiger partial charge in [0.05, 0.1) is 0 Å². The van der Waals surface area contributed by atoms with E-state index in [-0.39, 0.29) is 0 Å². The predicted octanol–water partition coefficient (Wildman–Crippen LogP) is 4.83. The molecule has 0 aromatic carbocycles. The first kappa shape index (κ1) is 14.1. The van der Waals surface area contributed by atoms with Crippen molar-refractivity contribution in [3.63, 3.8) is 0 Å². The second-order valence-corrected chi connectivity index (χ2v) is 8.91. The molecule has 116 valence electrons. The Labute approximate surface area is 130 Å². The summed E-state index contributed by atoms with van der Waals surface area (Å²) in [6.07, 6.45) is 14.5. The number of fused-ring (bicyclic) bond motifs is 5. The fourth-order valence-electron chi connectivity index (χ4n) is 6.51. The largest absolute Gasteiger partial charge is 0.327 e. The number of nitrogens with two attached hydrogens (primary N) is 1. The first-order chi connectivity index (χ1) is 9.95. The summed E-state index contributed by atoms with van der Waals surface area (Å²) in [4.78, 5) is 0. The highest BCUT2D eigenvalue weighted by Crippen LogP contribution is 2.64. The van der Waals surface area contributed by atoms with E-state index in [4.69, 9.17) is 5.73 Å².